The number of ether oxygens (including phenoxy) is 2. The molecule has 4 nitrogen and oxygen atoms in total. The number of nitrogens with zero attached hydrogens (tertiary/aromatic N) is 1. The average Bonchev–Trinajstić information content (AvgIpc) is 3.09. The molecule has 0 aliphatic carbocycles. The van der Waals surface area contributed by atoms with E-state index in [0.717, 1.165) is 11.1 Å². The van der Waals surface area contributed by atoms with Gasteiger partial charge in [0.15, 0.2) is 5.70 Å². The molecule has 1 aliphatic heterocycles. The average molecular weight is 390 g/mol. The van der Waals surface area contributed by atoms with Gasteiger partial charge in [-0.15, -0.1) is 0 Å². The summed E-state index contributed by atoms with van der Waals surface area (Å²) < 4.78 is 11.2. The third kappa shape index (κ3) is 4.13. The number of hydrogen-bond donors (Lipinski definition) is 0. The number of carbonyl (C=O) groups excluding carboxylic acids is 1. The lowest BCUT2D eigenvalue weighted by molar-refractivity contribution is -0.129. The minimum atomic E-state index is -0.507. The van der Waals surface area contributed by atoms with Crippen molar-refractivity contribution in [2.24, 2.45) is 4.99 Å². The van der Waals surface area contributed by atoms with Gasteiger partial charge in [0.05, 0.1) is 0 Å². The van der Waals surface area contributed by atoms with Crippen LogP contribution in [0.1, 0.15) is 16.7 Å². The molecule has 28 heavy (non-hydrogen) atoms. The van der Waals surface area contributed by atoms with Crippen LogP contribution in [0.15, 0.2) is 89.6 Å². The highest BCUT2D eigenvalue weighted by molar-refractivity contribution is 6.30. The van der Waals surface area contributed by atoms with E-state index in [1.165, 1.54) is 0 Å². The summed E-state index contributed by atoms with van der Waals surface area (Å²) in [7, 11) is 0. The molecule has 3 aromatic carbocycles. The normalized spacial score (nSPS) is 14.7. The minimum Gasteiger partial charge on any atom is -0.488 e. The number of rotatable bonds is 5. The summed E-state index contributed by atoms with van der Waals surface area (Å²) in [6.45, 7) is 0.404. The van der Waals surface area contributed by atoms with Gasteiger partial charge in [-0.3, -0.25) is 0 Å². The Balaban J connectivity index is 1.62. The Bertz CT molecular complexity index is 1060. The number of benzene rings is 3. The van der Waals surface area contributed by atoms with E-state index in [1.54, 1.807) is 24.3 Å². The molecule has 0 N–H and O–H groups in total. The van der Waals surface area contributed by atoms with E-state index in [9.17, 15) is 4.79 Å². The Kier molecular flexibility index (Phi) is 5.22. The number of cyclic esters (lactones) is 1. The van der Waals surface area contributed by atoms with Crippen LogP contribution in [-0.4, -0.2) is 11.9 Å². The first-order valence-corrected chi connectivity index (χ1v) is 9.11. The highest BCUT2D eigenvalue weighted by Crippen LogP contribution is 2.28. The van der Waals surface area contributed by atoms with Crippen molar-refractivity contribution in [3.8, 4) is 5.75 Å². The van der Waals surface area contributed by atoms with Crippen LogP contribution in [0, 0.1) is 0 Å². The van der Waals surface area contributed by atoms with Crippen molar-refractivity contribution in [3.05, 3.63) is 106 Å². The molecule has 138 valence electrons. The van der Waals surface area contributed by atoms with Crippen molar-refractivity contribution >= 4 is 29.5 Å². The third-order valence-corrected chi connectivity index (χ3v) is 4.38. The zero-order chi connectivity index (χ0) is 19.3. The highest BCUT2D eigenvalue weighted by atomic mass is 35.5. The molecular weight excluding hydrogens is 374 g/mol. The fourth-order valence-electron chi connectivity index (χ4n) is 2.76. The monoisotopic (exact) mass is 389 g/mol. The zero-order valence-corrected chi connectivity index (χ0v) is 15.6. The lowest BCUT2D eigenvalue weighted by Crippen LogP contribution is -2.05. The number of halogens is 1. The van der Waals surface area contributed by atoms with E-state index in [-0.39, 0.29) is 11.6 Å². The first-order valence-electron chi connectivity index (χ1n) is 8.73. The van der Waals surface area contributed by atoms with Crippen LogP contribution in [0.3, 0.4) is 0 Å². The maximum atomic E-state index is 12.3. The molecule has 0 saturated heterocycles. The van der Waals surface area contributed by atoms with Crippen molar-refractivity contribution in [2.45, 2.75) is 6.61 Å². The van der Waals surface area contributed by atoms with E-state index < -0.39 is 5.97 Å². The summed E-state index contributed by atoms with van der Waals surface area (Å²) in [6.07, 6.45) is 1.63. The van der Waals surface area contributed by atoms with Gasteiger partial charge in [0.1, 0.15) is 12.4 Å². The molecule has 1 aliphatic rings. The number of esters is 1. The van der Waals surface area contributed by atoms with Crippen LogP contribution in [-0.2, 0) is 16.1 Å². The van der Waals surface area contributed by atoms with E-state index in [1.807, 2.05) is 60.7 Å². The summed E-state index contributed by atoms with van der Waals surface area (Å²) in [6, 6.07) is 24.4. The zero-order valence-electron chi connectivity index (χ0n) is 14.8. The smallest absolute Gasteiger partial charge is 0.363 e. The van der Waals surface area contributed by atoms with Crippen LogP contribution in [0.5, 0.6) is 5.75 Å². The molecule has 3 aromatic rings. The Hall–Kier alpha value is -3.37. The number of aliphatic imine (C=N–C) groups is 1. The summed E-state index contributed by atoms with van der Waals surface area (Å²) in [5, 5.41) is 0.539. The van der Waals surface area contributed by atoms with Gasteiger partial charge in [0, 0.05) is 16.1 Å². The molecule has 0 fully saturated rings. The Morgan fingerprint density at radius 3 is 2.43 bits per heavy atom. The summed E-state index contributed by atoms with van der Waals surface area (Å²) in [5.74, 6) is 0.385. The Morgan fingerprint density at radius 2 is 1.68 bits per heavy atom. The molecule has 0 unspecified atom stereocenters. The van der Waals surface area contributed by atoms with Gasteiger partial charge in [-0.2, -0.15) is 0 Å². The summed E-state index contributed by atoms with van der Waals surface area (Å²) in [5.41, 5.74) is 2.64. The fraction of sp³-hybridized carbons (Fsp3) is 0.0435. The maximum absolute atomic E-state index is 12.3. The van der Waals surface area contributed by atoms with E-state index in [2.05, 4.69) is 4.99 Å². The predicted octanol–water partition coefficient (Wildman–Crippen LogP) is 5.26. The molecule has 0 aromatic heterocycles. The van der Waals surface area contributed by atoms with Crippen molar-refractivity contribution < 1.29 is 14.3 Å². The lowest BCUT2D eigenvalue weighted by atomic mass is 10.1. The summed E-state index contributed by atoms with van der Waals surface area (Å²) >= 11 is 6.14. The van der Waals surface area contributed by atoms with Gasteiger partial charge >= 0.3 is 5.97 Å². The molecule has 5 heteroatoms. The molecule has 0 bridgehead atoms. The van der Waals surface area contributed by atoms with Crippen molar-refractivity contribution in [3.63, 3.8) is 0 Å². The van der Waals surface area contributed by atoms with Gasteiger partial charge in [0.25, 0.3) is 0 Å². The maximum Gasteiger partial charge on any atom is 0.363 e. The highest BCUT2D eigenvalue weighted by Gasteiger charge is 2.24. The van der Waals surface area contributed by atoms with E-state index in [4.69, 9.17) is 21.1 Å². The first-order chi connectivity index (χ1) is 13.7. The molecule has 0 saturated carbocycles. The Morgan fingerprint density at radius 1 is 0.964 bits per heavy atom. The second-order valence-corrected chi connectivity index (χ2v) is 6.59. The van der Waals surface area contributed by atoms with Gasteiger partial charge < -0.3 is 9.47 Å². The predicted molar refractivity (Wildman–Crippen MR) is 109 cm³/mol. The van der Waals surface area contributed by atoms with Crippen molar-refractivity contribution in [1.29, 1.82) is 0 Å². The van der Waals surface area contributed by atoms with Crippen LogP contribution in [0.4, 0.5) is 0 Å². The largest absolute Gasteiger partial charge is 0.488 e. The van der Waals surface area contributed by atoms with Crippen LogP contribution in [0.25, 0.3) is 6.08 Å². The van der Waals surface area contributed by atoms with Crippen molar-refractivity contribution in [1.82, 2.24) is 0 Å². The van der Waals surface area contributed by atoms with E-state index in [0.29, 0.717) is 22.9 Å². The third-order valence-electron chi connectivity index (χ3n) is 4.14. The van der Waals surface area contributed by atoms with Gasteiger partial charge in [0.2, 0.25) is 5.90 Å². The lowest BCUT2D eigenvalue weighted by Gasteiger charge is -2.10. The minimum absolute atomic E-state index is 0.200. The molecule has 0 radical (unpaired) electrons. The molecule has 1 heterocycles. The standard InChI is InChI=1S/C23H16ClNO3/c24-19-11-12-21(27-15-16-7-3-1-4-8-16)18(13-19)14-20-23(26)28-22(25-20)17-9-5-2-6-10-17/h1-14H,15H2. The topological polar surface area (TPSA) is 47.9 Å². The van der Waals surface area contributed by atoms with E-state index >= 15 is 0 Å². The first kappa shape index (κ1) is 18.0. The Labute approximate surface area is 167 Å². The fourth-order valence-corrected chi connectivity index (χ4v) is 2.94. The SMILES string of the molecule is O=C1OC(c2ccccc2)=NC1=Cc1cc(Cl)ccc1OCc1ccccc1. The quantitative estimate of drug-likeness (QED) is 0.441. The number of hydrogen-bond acceptors (Lipinski definition) is 4. The second kappa shape index (κ2) is 8.11. The molecule has 0 atom stereocenters. The summed E-state index contributed by atoms with van der Waals surface area (Å²) in [4.78, 5) is 16.6. The molecule has 0 amide bonds. The number of carbonyl (C=O) groups is 1. The van der Waals surface area contributed by atoms with Crippen LogP contribution >= 0.6 is 11.6 Å². The van der Waals surface area contributed by atoms with Gasteiger partial charge in [-0.05, 0) is 42.0 Å². The van der Waals surface area contributed by atoms with Crippen LogP contribution < -0.4 is 4.74 Å². The van der Waals surface area contributed by atoms with Crippen molar-refractivity contribution in [2.75, 3.05) is 0 Å². The molecule has 0 spiro atoms. The van der Waals surface area contributed by atoms with Crippen LogP contribution in [0.2, 0.25) is 5.02 Å². The van der Waals surface area contributed by atoms with Gasteiger partial charge in [-0.25, -0.2) is 9.79 Å². The molecule has 4 rings (SSSR count). The molecular formula is C23H16ClNO3. The van der Waals surface area contributed by atoms with Gasteiger partial charge in [-0.1, -0.05) is 60.1 Å². The second-order valence-electron chi connectivity index (χ2n) is 6.16.